The standard InChI is InChI=1S/C14H14ClFN4O/c1-14(2)12-8(6-17-19-12)7-20(14)13(21)18-11-9(15)4-3-5-10(11)16/h3-6H,7H2,1-2H3,(H,17,19)(H,18,21). The highest BCUT2D eigenvalue weighted by atomic mass is 35.5. The van der Waals surface area contributed by atoms with Crippen LogP contribution in [0.4, 0.5) is 14.9 Å². The van der Waals surface area contributed by atoms with E-state index < -0.39 is 17.4 Å². The molecule has 3 rings (SSSR count). The third-order valence-electron chi connectivity index (χ3n) is 3.77. The van der Waals surface area contributed by atoms with Crippen molar-refractivity contribution >= 4 is 23.3 Å². The number of nitrogens with one attached hydrogen (secondary N) is 2. The van der Waals surface area contributed by atoms with Crippen molar-refractivity contribution in [3.05, 3.63) is 46.5 Å². The first-order chi connectivity index (χ1) is 9.91. The molecule has 1 aromatic heterocycles. The number of halogens is 2. The van der Waals surface area contributed by atoms with E-state index in [1.54, 1.807) is 11.1 Å². The molecule has 2 aromatic rings. The lowest BCUT2D eigenvalue weighted by molar-refractivity contribution is 0.155. The van der Waals surface area contributed by atoms with Crippen LogP contribution in [-0.2, 0) is 12.1 Å². The number of aromatic amines is 1. The molecule has 0 radical (unpaired) electrons. The topological polar surface area (TPSA) is 61.0 Å². The van der Waals surface area contributed by atoms with Crippen molar-refractivity contribution in [3.8, 4) is 0 Å². The SMILES string of the molecule is CC1(C)c2[nH]ncc2CN1C(=O)Nc1c(F)cccc1Cl. The summed E-state index contributed by atoms with van der Waals surface area (Å²) in [6.45, 7) is 4.22. The summed E-state index contributed by atoms with van der Waals surface area (Å²) >= 11 is 5.93. The van der Waals surface area contributed by atoms with Crippen LogP contribution in [-0.4, -0.2) is 21.1 Å². The van der Waals surface area contributed by atoms with Gasteiger partial charge in [0.1, 0.15) is 5.82 Å². The first-order valence-corrected chi connectivity index (χ1v) is 6.84. The van der Waals surface area contributed by atoms with E-state index in [0.29, 0.717) is 6.54 Å². The highest BCUT2D eigenvalue weighted by Gasteiger charge is 2.42. The number of urea groups is 1. The molecule has 0 fully saturated rings. The molecule has 1 aliphatic rings. The molecule has 5 nitrogen and oxygen atoms in total. The van der Waals surface area contributed by atoms with Gasteiger partial charge >= 0.3 is 6.03 Å². The summed E-state index contributed by atoms with van der Waals surface area (Å²) in [6.07, 6.45) is 1.69. The number of benzene rings is 1. The van der Waals surface area contributed by atoms with Gasteiger partial charge in [-0.15, -0.1) is 0 Å². The van der Waals surface area contributed by atoms with Crippen molar-refractivity contribution in [1.29, 1.82) is 0 Å². The Morgan fingerprint density at radius 2 is 2.29 bits per heavy atom. The maximum atomic E-state index is 13.8. The average molecular weight is 309 g/mol. The zero-order valence-electron chi connectivity index (χ0n) is 11.6. The Balaban J connectivity index is 1.86. The van der Waals surface area contributed by atoms with Gasteiger partial charge in [-0.1, -0.05) is 17.7 Å². The summed E-state index contributed by atoms with van der Waals surface area (Å²) in [7, 11) is 0. The Hall–Kier alpha value is -2.08. The Labute approximate surface area is 126 Å². The molecule has 0 saturated carbocycles. The van der Waals surface area contributed by atoms with E-state index in [2.05, 4.69) is 15.5 Å². The van der Waals surface area contributed by atoms with Crippen LogP contribution >= 0.6 is 11.6 Å². The molecule has 0 unspecified atom stereocenters. The Morgan fingerprint density at radius 3 is 2.95 bits per heavy atom. The minimum atomic E-state index is -0.562. The van der Waals surface area contributed by atoms with Crippen LogP contribution < -0.4 is 5.32 Å². The highest BCUT2D eigenvalue weighted by Crippen LogP contribution is 2.37. The fourth-order valence-electron chi connectivity index (χ4n) is 2.58. The van der Waals surface area contributed by atoms with Crippen molar-refractivity contribution in [1.82, 2.24) is 15.1 Å². The number of carbonyl (C=O) groups is 1. The van der Waals surface area contributed by atoms with Gasteiger partial charge in [0.05, 0.1) is 34.7 Å². The molecule has 110 valence electrons. The number of aromatic nitrogens is 2. The number of fused-ring (bicyclic) bond motifs is 1. The molecule has 0 bridgehead atoms. The van der Waals surface area contributed by atoms with Crippen LogP contribution in [0.5, 0.6) is 0 Å². The van der Waals surface area contributed by atoms with Crippen LogP contribution in [0.25, 0.3) is 0 Å². The predicted molar refractivity (Wildman–Crippen MR) is 77.6 cm³/mol. The summed E-state index contributed by atoms with van der Waals surface area (Å²) in [4.78, 5) is 14.1. The smallest absolute Gasteiger partial charge is 0.309 e. The number of anilines is 1. The Morgan fingerprint density at radius 1 is 1.52 bits per heavy atom. The summed E-state index contributed by atoms with van der Waals surface area (Å²) < 4.78 is 13.8. The summed E-state index contributed by atoms with van der Waals surface area (Å²) in [5.74, 6) is -0.562. The van der Waals surface area contributed by atoms with Crippen LogP contribution in [0, 0.1) is 5.82 Å². The lowest BCUT2D eigenvalue weighted by Gasteiger charge is -2.31. The minimum Gasteiger partial charge on any atom is -0.309 e. The van der Waals surface area contributed by atoms with E-state index in [1.807, 2.05) is 13.8 Å². The summed E-state index contributed by atoms with van der Waals surface area (Å²) in [6, 6.07) is 3.87. The maximum absolute atomic E-state index is 13.8. The van der Waals surface area contributed by atoms with E-state index >= 15 is 0 Å². The molecule has 2 N–H and O–H groups in total. The predicted octanol–water partition coefficient (Wildman–Crippen LogP) is 3.49. The fourth-order valence-corrected chi connectivity index (χ4v) is 2.79. The molecule has 2 amide bonds. The zero-order chi connectivity index (χ0) is 15.2. The number of nitrogens with zero attached hydrogens (tertiary/aromatic N) is 2. The minimum absolute atomic E-state index is 0.00588. The van der Waals surface area contributed by atoms with Crippen molar-refractivity contribution in [2.75, 3.05) is 5.32 Å². The number of hydrogen-bond acceptors (Lipinski definition) is 2. The van der Waals surface area contributed by atoms with Crippen molar-refractivity contribution < 1.29 is 9.18 Å². The summed E-state index contributed by atoms with van der Waals surface area (Å²) in [5.41, 5.74) is 1.29. The first kappa shape index (κ1) is 13.9. The number of H-pyrrole nitrogens is 1. The van der Waals surface area contributed by atoms with E-state index in [-0.39, 0.29) is 10.7 Å². The van der Waals surface area contributed by atoms with Crippen molar-refractivity contribution in [2.45, 2.75) is 25.9 Å². The van der Waals surface area contributed by atoms with Crippen LogP contribution in [0.1, 0.15) is 25.1 Å². The molecule has 0 aliphatic carbocycles. The molecular weight excluding hydrogens is 295 g/mol. The van der Waals surface area contributed by atoms with Crippen LogP contribution in [0.15, 0.2) is 24.4 Å². The normalized spacial score (nSPS) is 15.9. The van der Waals surface area contributed by atoms with Gasteiger partial charge in [-0.25, -0.2) is 9.18 Å². The molecule has 21 heavy (non-hydrogen) atoms. The van der Waals surface area contributed by atoms with E-state index in [4.69, 9.17) is 11.6 Å². The molecular formula is C14H14ClFN4O. The number of rotatable bonds is 1. The lowest BCUT2D eigenvalue weighted by atomic mass is 10.0. The molecule has 2 heterocycles. The number of hydrogen-bond donors (Lipinski definition) is 2. The third-order valence-corrected chi connectivity index (χ3v) is 4.09. The van der Waals surface area contributed by atoms with Gasteiger partial charge in [-0.3, -0.25) is 5.10 Å². The quantitative estimate of drug-likeness (QED) is 0.847. The zero-order valence-corrected chi connectivity index (χ0v) is 12.3. The maximum Gasteiger partial charge on any atom is 0.323 e. The van der Waals surface area contributed by atoms with E-state index in [1.165, 1.54) is 18.2 Å². The average Bonchev–Trinajstić information content (AvgIpc) is 2.97. The van der Waals surface area contributed by atoms with E-state index in [0.717, 1.165) is 11.3 Å². The molecule has 1 aliphatic heterocycles. The third kappa shape index (κ3) is 2.15. The van der Waals surface area contributed by atoms with Gasteiger partial charge in [-0.05, 0) is 26.0 Å². The van der Waals surface area contributed by atoms with Gasteiger partial charge < -0.3 is 10.2 Å². The lowest BCUT2D eigenvalue weighted by Crippen LogP contribution is -2.43. The van der Waals surface area contributed by atoms with Crippen molar-refractivity contribution in [2.24, 2.45) is 0 Å². The Kier molecular flexibility index (Phi) is 3.13. The van der Waals surface area contributed by atoms with E-state index in [9.17, 15) is 9.18 Å². The molecule has 0 spiro atoms. The second kappa shape index (κ2) is 4.73. The molecule has 1 aromatic carbocycles. The largest absolute Gasteiger partial charge is 0.323 e. The van der Waals surface area contributed by atoms with Gasteiger partial charge in [0.25, 0.3) is 0 Å². The number of para-hydroxylation sites is 1. The van der Waals surface area contributed by atoms with Crippen molar-refractivity contribution in [3.63, 3.8) is 0 Å². The first-order valence-electron chi connectivity index (χ1n) is 6.46. The molecule has 0 saturated heterocycles. The van der Waals surface area contributed by atoms with Crippen LogP contribution in [0.2, 0.25) is 5.02 Å². The van der Waals surface area contributed by atoms with Gasteiger partial charge in [0.15, 0.2) is 0 Å². The monoisotopic (exact) mass is 308 g/mol. The van der Waals surface area contributed by atoms with Gasteiger partial charge in [0.2, 0.25) is 0 Å². The van der Waals surface area contributed by atoms with Gasteiger partial charge in [-0.2, -0.15) is 5.10 Å². The fraction of sp³-hybridized carbons (Fsp3) is 0.286. The molecule has 7 heteroatoms. The second-order valence-corrected chi connectivity index (χ2v) is 5.85. The number of amides is 2. The Bertz CT molecular complexity index is 692. The highest BCUT2D eigenvalue weighted by molar-refractivity contribution is 6.33. The second-order valence-electron chi connectivity index (χ2n) is 5.44. The molecule has 0 atom stereocenters. The van der Waals surface area contributed by atoms with Crippen LogP contribution in [0.3, 0.4) is 0 Å². The number of carbonyl (C=O) groups excluding carboxylic acids is 1. The summed E-state index contributed by atoms with van der Waals surface area (Å²) in [5, 5.41) is 9.60. The van der Waals surface area contributed by atoms with Gasteiger partial charge in [0, 0.05) is 5.56 Å².